The van der Waals surface area contributed by atoms with Crippen molar-refractivity contribution in [1.29, 1.82) is 0 Å². The van der Waals surface area contributed by atoms with E-state index in [0.717, 1.165) is 11.1 Å². The molecule has 3 rings (SSSR count). The van der Waals surface area contributed by atoms with Gasteiger partial charge in [0.25, 0.3) is 0 Å². The molecule has 0 spiro atoms. The third-order valence-corrected chi connectivity index (χ3v) is 4.61. The summed E-state index contributed by atoms with van der Waals surface area (Å²) >= 11 is 0. The van der Waals surface area contributed by atoms with E-state index in [-0.39, 0.29) is 0 Å². The van der Waals surface area contributed by atoms with Crippen molar-refractivity contribution in [2.24, 2.45) is 0 Å². The molecule has 2 aromatic rings. The maximum Gasteiger partial charge on any atom is 0.155 e. The van der Waals surface area contributed by atoms with Crippen LogP contribution in [0.3, 0.4) is 0 Å². The summed E-state index contributed by atoms with van der Waals surface area (Å²) in [5.74, 6) is 0. The van der Waals surface area contributed by atoms with Gasteiger partial charge in [-0.05, 0) is 25.0 Å². The van der Waals surface area contributed by atoms with E-state index in [1.54, 1.807) is 12.2 Å². The molecule has 2 nitrogen and oxygen atoms in total. The van der Waals surface area contributed by atoms with E-state index in [1.165, 1.54) is 0 Å². The molecule has 0 atom stereocenters. The zero-order valence-electron chi connectivity index (χ0n) is 14.4. The Bertz CT molecular complexity index is 669. The van der Waals surface area contributed by atoms with Gasteiger partial charge in [0.15, 0.2) is 5.60 Å². The molecular weight excluding hydrogens is 296 g/mol. The molecule has 1 saturated heterocycles. The summed E-state index contributed by atoms with van der Waals surface area (Å²) in [5, 5.41) is 0. The highest BCUT2D eigenvalue weighted by Gasteiger charge is 2.58. The van der Waals surface area contributed by atoms with Crippen molar-refractivity contribution in [2.75, 3.05) is 6.61 Å². The average molecular weight is 320 g/mol. The molecular formula is C22H24O2. The van der Waals surface area contributed by atoms with Crippen LogP contribution in [0.1, 0.15) is 25.0 Å². The van der Waals surface area contributed by atoms with Gasteiger partial charge in [0, 0.05) is 0 Å². The van der Waals surface area contributed by atoms with E-state index in [9.17, 15) is 0 Å². The second-order valence-corrected chi connectivity index (χ2v) is 6.77. The first-order chi connectivity index (χ1) is 11.5. The third kappa shape index (κ3) is 2.43. The summed E-state index contributed by atoms with van der Waals surface area (Å²) in [6.45, 7) is 12.6. The maximum atomic E-state index is 6.76. The van der Waals surface area contributed by atoms with E-state index in [2.05, 4.69) is 37.4 Å². The van der Waals surface area contributed by atoms with Crippen molar-refractivity contribution in [3.8, 4) is 0 Å². The fourth-order valence-electron chi connectivity index (χ4n) is 3.49. The molecule has 1 aliphatic rings. The topological polar surface area (TPSA) is 18.5 Å². The molecule has 0 unspecified atom stereocenters. The number of ether oxygens (including phenoxy) is 2. The summed E-state index contributed by atoms with van der Waals surface area (Å²) in [6.07, 6.45) is 3.60. The highest BCUT2D eigenvalue weighted by atomic mass is 16.6. The van der Waals surface area contributed by atoms with E-state index in [0.29, 0.717) is 6.61 Å². The minimum atomic E-state index is -0.856. The normalized spacial score (nSPS) is 20.9. The van der Waals surface area contributed by atoms with Crippen molar-refractivity contribution in [1.82, 2.24) is 0 Å². The Morgan fingerprint density at radius 3 is 1.71 bits per heavy atom. The smallest absolute Gasteiger partial charge is 0.155 e. The lowest BCUT2D eigenvalue weighted by atomic mass is 9.71. The second kappa shape index (κ2) is 6.04. The Balaban J connectivity index is 2.36. The Hall–Kier alpha value is -2.16. The summed E-state index contributed by atoms with van der Waals surface area (Å²) in [4.78, 5) is 0. The van der Waals surface area contributed by atoms with Crippen LogP contribution in [0.5, 0.6) is 0 Å². The number of hydrogen-bond donors (Lipinski definition) is 0. The van der Waals surface area contributed by atoms with Crippen molar-refractivity contribution in [2.45, 2.75) is 30.7 Å². The van der Waals surface area contributed by atoms with Gasteiger partial charge in [0.05, 0.1) is 12.2 Å². The predicted molar refractivity (Wildman–Crippen MR) is 97.9 cm³/mol. The van der Waals surface area contributed by atoms with Crippen LogP contribution >= 0.6 is 0 Å². The predicted octanol–water partition coefficient (Wildman–Crippen LogP) is 4.87. The van der Waals surface area contributed by atoms with Crippen molar-refractivity contribution in [3.63, 3.8) is 0 Å². The van der Waals surface area contributed by atoms with Crippen LogP contribution in [0.2, 0.25) is 0 Å². The van der Waals surface area contributed by atoms with Crippen LogP contribution in [0.4, 0.5) is 0 Å². The molecule has 0 saturated carbocycles. The molecule has 0 radical (unpaired) electrons. The summed E-state index contributed by atoms with van der Waals surface area (Å²) in [6, 6.07) is 20.3. The van der Waals surface area contributed by atoms with Crippen LogP contribution in [0.15, 0.2) is 86.0 Å². The van der Waals surface area contributed by atoms with E-state index >= 15 is 0 Å². The van der Waals surface area contributed by atoms with Crippen molar-refractivity contribution < 1.29 is 9.47 Å². The molecule has 2 heteroatoms. The van der Waals surface area contributed by atoms with E-state index in [4.69, 9.17) is 9.47 Å². The number of rotatable bonds is 4. The molecule has 0 aliphatic carbocycles. The molecule has 1 aliphatic heterocycles. The van der Waals surface area contributed by atoms with E-state index in [1.807, 2.05) is 50.2 Å². The Morgan fingerprint density at radius 2 is 1.29 bits per heavy atom. The monoisotopic (exact) mass is 320 g/mol. The lowest BCUT2D eigenvalue weighted by Crippen LogP contribution is -2.62. The first kappa shape index (κ1) is 16.7. The van der Waals surface area contributed by atoms with Crippen LogP contribution < -0.4 is 0 Å². The minimum absolute atomic E-state index is 0.443. The standard InChI is InChI=1S/C22H24O2/c1-5-21(6-2)22(18-13-9-7-10-14-18,19-15-11-8-12-16-19)24-20(3,4)17-23-21/h5-16H,1-2,17H2,3-4H3. The molecule has 0 aromatic heterocycles. The summed E-state index contributed by atoms with van der Waals surface area (Å²) in [7, 11) is 0. The van der Waals surface area contributed by atoms with Crippen LogP contribution in [0, 0.1) is 0 Å². The second-order valence-electron chi connectivity index (χ2n) is 6.77. The SMILES string of the molecule is C=CC1(C=C)OCC(C)(C)OC1(c1ccccc1)c1ccccc1. The van der Waals surface area contributed by atoms with Crippen LogP contribution in [0.25, 0.3) is 0 Å². The number of hydrogen-bond acceptors (Lipinski definition) is 2. The lowest BCUT2D eigenvalue weighted by Gasteiger charge is -2.55. The third-order valence-electron chi connectivity index (χ3n) is 4.61. The highest BCUT2D eigenvalue weighted by Crippen LogP contribution is 2.51. The van der Waals surface area contributed by atoms with Crippen molar-refractivity contribution in [3.05, 3.63) is 97.1 Å². The highest BCUT2D eigenvalue weighted by molar-refractivity contribution is 5.46. The fourth-order valence-corrected chi connectivity index (χ4v) is 3.49. The lowest BCUT2D eigenvalue weighted by molar-refractivity contribution is -0.275. The molecule has 1 heterocycles. The minimum Gasteiger partial charge on any atom is -0.360 e. The quantitative estimate of drug-likeness (QED) is 0.749. The van der Waals surface area contributed by atoms with Crippen molar-refractivity contribution >= 4 is 0 Å². The van der Waals surface area contributed by atoms with Gasteiger partial charge in [-0.3, -0.25) is 0 Å². The van der Waals surface area contributed by atoms with Gasteiger partial charge in [-0.15, -0.1) is 0 Å². The van der Waals surface area contributed by atoms with Gasteiger partial charge in [-0.2, -0.15) is 0 Å². The Kier molecular flexibility index (Phi) is 4.20. The fraction of sp³-hybridized carbons (Fsp3) is 0.273. The zero-order valence-corrected chi connectivity index (χ0v) is 14.4. The zero-order chi connectivity index (χ0) is 17.3. The molecule has 2 aromatic carbocycles. The molecule has 0 amide bonds. The van der Waals surface area contributed by atoms with Gasteiger partial charge in [-0.25, -0.2) is 0 Å². The maximum absolute atomic E-state index is 6.76. The first-order valence-corrected chi connectivity index (χ1v) is 8.22. The summed E-state index contributed by atoms with van der Waals surface area (Å²) < 4.78 is 13.1. The van der Waals surface area contributed by atoms with Crippen LogP contribution in [-0.4, -0.2) is 17.8 Å². The molecule has 0 bridgehead atoms. The van der Waals surface area contributed by atoms with Gasteiger partial charge in [0.1, 0.15) is 5.60 Å². The first-order valence-electron chi connectivity index (χ1n) is 8.22. The molecule has 0 N–H and O–H groups in total. The van der Waals surface area contributed by atoms with Gasteiger partial charge >= 0.3 is 0 Å². The molecule has 24 heavy (non-hydrogen) atoms. The summed E-state index contributed by atoms with van der Waals surface area (Å²) in [5.41, 5.74) is -0.111. The Morgan fingerprint density at radius 1 is 0.833 bits per heavy atom. The van der Waals surface area contributed by atoms with E-state index < -0.39 is 16.8 Å². The number of benzene rings is 2. The van der Waals surface area contributed by atoms with Gasteiger partial charge in [0.2, 0.25) is 0 Å². The largest absolute Gasteiger partial charge is 0.360 e. The Labute approximate surface area is 144 Å². The van der Waals surface area contributed by atoms with Crippen LogP contribution in [-0.2, 0) is 15.1 Å². The molecule has 124 valence electrons. The van der Waals surface area contributed by atoms with Gasteiger partial charge in [-0.1, -0.05) is 86.0 Å². The van der Waals surface area contributed by atoms with Gasteiger partial charge < -0.3 is 9.47 Å². The molecule has 1 fully saturated rings. The average Bonchev–Trinajstić information content (AvgIpc) is 2.63.